The zero-order valence-electron chi connectivity index (χ0n) is 30.5. The maximum Gasteiger partial charge on any atom is 0.138 e. The quantitative estimate of drug-likeness (QED) is 0.154. The van der Waals surface area contributed by atoms with Gasteiger partial charge in [-0.25, -0.2) is 0 Å². The van der Waals surface area contributed by atoms with E-state index in [1.165, 1.54) is 54.9 Å². The maximum atomic E-state index is 6.30. The normalized spacial score (nSPS) is 11.4. The van der Waals surface area contributed by atoms with Crippen LogP contribution in [0.2, 0.25) is 0 Å². The molecule has 0 spiro atoms. The van der Waals surface area contributed by atoms with Crippen LogP contribution in [0.3, 0.4) is 0 Å². The molecule has 1 aromatic heterocycles. The van der Waals surface area contributed by atoms with Crippen molar-refractivity contribution in [1.82, 2.24) is 0 Å². The lowest BCUT2D eigenvalue weighted by Crippen LogP contribution is -2.10. The van der Waals surface area contributed by atoms with Crippen LogP contribution in [-0.2, 0) is 0 Å². The summed E-state index contributed by atoms with van der Waals surface area (Å²) in [7, 11) is 0. The smallest absolute Gasteiger partial charge is 0.138 e. The van der Waals surface area contributed by atoms with E-state index >= 15 is 0 Å². The van der Waals surface area contributed by atoms with Crippen molar-refractivity contribution in [2.45, 2.75) is 6.92 Å². The van der Waals surface area contributed by atoms with Gasteiger partial charge in [0.2, 0.25) is 0 Å². The molecule has 0 aliphatic heterocycles. The average Bonchev–Trinajstić information content (AvgIpc) is 3.60. The van der Waals surface area contributed by atoms with E-state index in [2.05, 4.69) is 206 Å². The van der Waals surface area contributed by atoms with Gasteiger partial charge >= 0.3 is 0 Å². The molecule has 9 aromatic carbocycles. The predicted molar refractivity (Wildman–Crippen MR) is 232 cm³/mol. The van der Waals surface area contributed by atoms with Crippen LogP contribution in [0, 0.1) is 6.92 Å². The van der Waals surface area contributed by atoms with Gasteiger partial charge in [0.25, 0.3) is 0 Å². The number of fused-ring (bicyclic) bond motifs is 4. The number of anilines is 3. The zero-order valence-corrected chi connectivity index (χ0v) is 30.5. The maximum absolute atomic E-state index is 6.30. The lowest BCUT2D eigenvalue weighted by Gasteiger charge is -2.28. The number of benzene rings is 9. The first-order valence-electron chi connectivity index (χ1n) is 18.8. The topological polar surface area (TPSA) is 16.4 Å². The minimum absolute atomic E-state index is 0.922. The molecule has 0 aliphatic rings. The number of hydrogen-bond donors (Lipinski definition) is 0. The number of aryl methyl sites for hydroxylation is 1. The Morgan fingerprint density at radius 3 is 1.47 bits per heavy atom. The number of furan rings is 1. The molecule has 1 heterocycles. The number of rotatable bonds is 7. The summed E-state index contributed by atoms with van der Waals surface area (Å²) >= 11 is 0. The summed E-state index contributed by atoms with van der Waals surface area (Å²) in [5.41, 5.74) is 13.6. The fourth-order valence-corrected chi connectivity index (χ4v) is 8.03. The van der Waals surface area contributed by atoms with Gasteiger partial charge in [0, 0.05) is 33.3 Å². The Labute approximate surface area is 321 Å². The molecule has 10 rings (SSSR count). The molecule has 0 atom stereocenters. The van der Waals surface area contributed by atoms with Gasteiger partial charge < -0.3 is 9.32 Å². The number of nitrogens with zero attached hydrogens (tertiary/aromatic N) is 1. The summed E-state index contributed by atoms with van der Waals surface area (Å²) in [5, 5.41) is 6.10. The van der Waals surface area contributed by atoms with E-state index < -0.39 is 0 Å². The molecule has 0 bridgehead atoms. The van der Waals surface area contributed by atoms with Gasteiger partial charge in [0.1, 0.15) is 11.3 Å². The van der Waals surface area contributed by atoms with Gasteiger partial charge in [0.15, 0.2) is 0 Å². The first-order valence-corrected chi connectivity index (χ1v) is 18.8. The Bertz CT molecular complexity index is 2960. The highest BCUT2D eigenvalue weighted by atomic mass is 16.3. The van der Waals surface area contributed by atoms with Gasteiger partial charge in [-0.15, -0.1) is 0 Å². The van der Waals surface area contributed by atoms with Crippen LogP contribution in [0.25, 0.3) is 77.2 Å². The molecule has 0 saturated carbocycles. The minimum Gasteiger partial charge on any atom is -0.456 e. The lowest BCUT2D eigenvalue weighted by molar-refractivity contribution is 0.629. The molecule has 260 valence electrons. The van der Waals surface area contributed by atoms with Crippen LogP contribution in [0.15, 0.2) is 211 Å². The second-order valence-corrected chi connectivity index (χ2v) is 14.2. The highest BCUT2D eigenvalue weighted by molar-refractivity contribution is 6.14. The molecule has 0 aliphatic carbocycles. The van der Waals surface area contributed by atoms with Crippen molar-refractivity contribution in [3.05, 3.63) is 212 Å². The molecule has 0 unspecified atom stereocenters. The van der Waals surface area contributed by atoms with Gasteiger partial charge in [-0.05, 0) is 98.9 Å². The summed E-state index contributed by atoms with van der Waals surface area (Å²) in [4.78, 5) is 2.40. The molecule has 0 radical (unpaired) electrons. The molecule has 0 fully saturated rings. The highest BCUT2D eigenvalue weighted by Crippen LogP contribution is 2.43. The summed E-state index contributed by atoms with van der Waals surface area (Å²) < 4.78 is 6.30. The summed E-state index contributed by atoms with van der Waals surface area (Å²) in [6.45, 7) is 2.14. The monoisotopic (exact) mass is 703 g/mol. The Balaban J connectivity index is 1.00. The van der Waals surface area contributed by atoms with Crippen molar-refractivity contribution in [2.24, 2.45) is 0 Å². The highest BCUT2D eigenvalue weighted by Gasteiger charge is 2.18. The van der Waals surface area contributed by atoms with Crippen molar-refractivity contribution < 1.29 is 4.42 Å². The van der Waals surface area contributed by atoms with E-state index in [1.807, 2.05) is 12.1 Å². The molecule has 10 aromatic rings. The molecule has 2 nitrogen and oxygen atoms in total. The number of para-hydroxylation sites is 1. The fourth-order valence-electron chi connectivity index (χ4n) is 8.03. The Kier molecular flexibility index (Phi) is 8.08. The molecule has 0 saturated heterocycles. The van der Waals surface area contributed by atoms with Gasteiger partial charge in [-0.1, -0.05) is 164 Å². The summed E-state index contributed by atoms with van der Waals surface area (Å²) in [6.07, 6.45) is 0. The van der Waals surface area contributed by atoms with E-state index in [0.717, 1.165) is 44.9 Å². The molecule has 0 amide bonds. The van der Waals surface area contributed by atoms with Gasteiger partial charge in [0.05, 0.1) is 5.69 Å². The molecular formula is C53H37NO. The fraction of sp³-hybridized carbons (Fsp3) is 0.0189. The van der Waals surface area contributed by atoms with Gasteiger partial charge in [-0.3, -0.25) is 0 Å². The SMILES string of the molecule is Cc1c(-c2cccc(-c3ccc(-c4ccc(N(c5ccc(-c6ccccc6)cc5)c5cc6ccccc6c6ccccc56)cc4)cc3)c2)oc2ccccc12. The largest absolute Gasteiger partial charge is 0.456 e. The van der Waals surface area contributed by atoms with Crippen LogP contribution in [0.4, 0.5) is 17.1 Å². The molecular weight excluding hydrogens is 667 g/mol. The van der Waals surface area contributed by atoms with E-state index in [1.54, 1.807) is 0 Å². The Hall–Kier alpha value is -7.16. The minimum atomic E-state index is 0.922. The van der Waals surface area contributed by atoms with Crippen molar-refractivity contribution in [2.75, 3.05) is 4.90 Å². The van der Waals surface area contributed by atoms with Crippen LogP contribution in [0.5, 0.6) is 0 Å². The predicted octanol–water partition coefficient (Wildman–Crippen LogP) is 15.2. The summed E-state index contributed by atoms with van der Waals surface area (Å²) in [5.74, 6) is 0.928. The van der Waals surface area contributed by atoms with E-state index in [4.69, 9.17) is 4.42 Å². The second-order valence-electron chi connectivity index (χ2n) is 14.2. The first kappa shape index (κ1) is 32.5. The third-order valence-corrected chi connectivity index (χ3v) is 10.9. The van der Waals surface area contributed by atoms with Crippen LogP contribution in [0.1, 0.15) is 5.56 Å². The van der Waals surface area contributed by atoms with E-state index in [9.17, 15) is 0 Å². The average molecular weight is 704 g/mol. The second kappa shape index (κ2) is 13.7. The Morgan fingerprint density at radius 2 is 0.818 bits per heavy atom. The third kappa shape index (κ3) is 5.95. The lowest BCUT2D eigenvalue weighted by atomic mass is 9.97. The number of hydrogen-bond acceptors (Lipinski definition) is 2. The first-order chi connectivity index (χ1) is 27.2. The molecule has 2 heteroatoms. The van der Waals surface area contributed by atoms with Crippen molar-refractivity contribution in [1.29, 1.82) is 0 Å². The summed E-state index contributed by atoms with van der Waals surface area (Å²) in [6, 6.07) is 74.0. The van der Waals surface area contributed by atoms with E-state index in [-0.39, 0.29) is 0 Å². The molecule has 55 heavy (non-hydrogen) atoms. The van der Waals surface area contributed by atoms with Crippen molar-refractivity contribution in [3.8, 4) is 44.7 Å². The Morgan fingerprint density at radius 1 is 0.345 bits per heavy atom. The van der Waals surface area contributed by atoms with Crippen LogP contribution >= 0.6 is 0 Å². The third-order valence-electron chi connectivity index (χ3n) is 10.9. The molecule has 0 N–H and O–H groups in total. The van der Waals surface area contributed by atoms with Crippen molar-refractivity contribution in [3.63, 3.8) is 0 Å². The standard InChI is InChI=1S/C53H37NO/c1-36-47-17-9-10-21-52(47)55-53(36)44-16-11-15-42(34-44)41-24-22-38(23-25-41)40-28-32-46(33-29-40)54(45-30-26-39(27-31-45)37-12-3-2-4-13-37)51-35-43-14-5-6-18-48(43)49-19-7-8-20-50(49)51/h2-35H,1H3. The van der Waals surface area contributed by atoms with Gasteiger partial charge in [-0.2, -0.15) is 0 Å². The van der Waals surface area contributed by atoms with Crippen molar-refractivity contribution >= 4 is 49.6 Å². The van der Waals surface area contributed by atoms with Crippen LogP contribution in [-0.4, -0.2) is 0 Å². The van der Waals surface area contributed by atoms with Crippen LogP contribution < -0.4 is 4.90 Å². The van der Waals surface area contributed by atoms with E-state index in [0.29, 0.717) is 0 Å². The zero-order chi connectivity index (χ0) is 36.7.